The molecule has 2 fully saturated rings. The van der Waals surface area contributed by atoms with E-state index in [1.165, 1.54) is 18.4 Å². The maximum atomic E-state index is 12.4. The first-order valence-electron chi connectivity index (χ1n) is 8.34. The van der Waals surface area contributed by atoms with Crippen molar-refractivity contribution in [1.29, 1.82) is 5.26 Å². The van der Waals surface area contributed by atoms with E-state index in [1.807, 2.05) is 6.92 Å². The Bertz CT molecular complexity index is 740. The number of fused-ring (bicyclic) bond motifs is 1. The molecule has 23 heavy (non-hydrogen) atoms. The van der Waals surface area contributed by atoms with Gasteiger partial charge in [-0.25, -0.2) is 0 Å². The van der Waals surface area contributed by atoms with E-state index < -0.39 is 0 Å². The molecule has 4 rings (SSSR count). The van der Waals surface area contributed by atoms with Gasteiger partial charge < -0.3 is 9.64 Å². The lowest BCUT2D eigenvalue weighted by Crippen LogP contribution is -2.41. The summed E-state index contributed by atoms with van der Waals surface area (Å²) in [7, 11) is 0. The summed E-state index contributed by atoms with van der Waals surface area (Å²) in [6.45, 7) is 4.12. The third-order valence-corrected chi connectivity index (χ3v) is 4.97. The van der Waals surface area contributed by atoms with Crippen molar-refractivity contribution >= 4 is 11.5 Å². The number of carbonyl (C=O) groups excluding carboxylic acids is 1. The largest absolute Gasteiger partial charge is 0.375 e. The lowest BCUT2D eigenvalue weighted by atomic mass is 9.86. The van der Waals surface area contributed by atoms with Crippen LogP contribution in [0.2, 0.25) is 0 Å². The number of morpholine rings is 1. The summed E-state index contributed by atoms with van der Waals surface area (Å²) in [6, 6.07) is 8.62. The van der Waals surface area contributed by atoms with Gasteiger partial charge in [0, 0.05) is 25.1 Å². The second-order valence-corrected chi connectivity index (χ2v) is 6.75. The van der Waals surface area contributed by atoms with E-state index in [2.05, 4.69) is 29.2 Å². The molecule has 1 aromatic carbocycles. The molecular weight excluding hydrogens is 288 g/mol. The number of nitriles is 1. The highest BCUT2D eigenvalue weighted by Crippen LogP contribution is 2.42. The van der Waals surface area contributed by atoms with Crippen molar-refractivity contribution in [3.05, 3.63) is 40.5 Å². The monoisotopic (exact) mass is 308 g/mol. The van der Waals surface area contributed by atoms with Crippen molar-refractivity contribution in [3.8, 4) is 6.07 Å². The van der Waals surface area contributed by atoms with E-state index in [0.29, 0.717) is 24.5 Å². The molecule has 0 spiro atoms. The molecule has 0 aromatic heterocycles. The molecule has 0 radical (unpaired) electrons. The second-order valence-electron chi connectivity index (χ2n) is 6.75. The molecule has 1 atom stereocenters. The number of hydrogen-bond acceptors (Lipinski definition) is 4. The predicted molar refractivity (Wildman–Crippen MR) is 86.6 cm³/mol. The van der Waals surface area contributed by atoms with Crippen LogP contribution in [0.1, 0.15) is 42.4 Å². The molecule has 3 aliphatic rings. The van der Waals surface area contributed by atoms with Crippen molar-refractivity contribution in [3.63, 3.8) is 0 Å². The molecule has 4 heteroatoms. The number of hydrogen-bond donors (Lipinski definition) is 0. The van der Waals surface area contributed by atoms with Crippen LogP contribution in [0.3, 0.4) is 0 Å². The van der Waals surface area contributed by atoms with Crippen LogP contribution in [0.5, 0.6) is 0 Å². The Kier molecular flexibility index (Phi) is 3.46. The van der Waals surface area contributed by atoms with Crippen LogP contribution in [0.15, 0.2) is 23.8 Å². The van der Waals surface area contributed by atoms with Crippen molar-refractivity contribution in [2.45, 2.75) is 38.2 Å². The first-order chi connectivity index (χ1) is 11.2. The number of carbonyl (C=O) groups is 1. The van der Waals surface area contributed by atoms with Gasteiger partial charge in [0.1, 0.15) is 11.6 Å². The van der Waals surface area contributed by atoms with Crippen LogP contribution < -0.4 is 0 Å². The Hall–Kier alpha value is -2.12. The Balaban J connectivity index is 1.83. The summed E-state index contributed by atoms with van der Waals surface area (Å²) in [4.78, 5) is 14.6. The Morgan fingerprint density at radius 1 is 1.35 bits per heavy atom. The molecule has 0 bridgehead atoms. The zero-order chi connectivity index (χ0) is 16.0. The number of Topliss-reactive ketones (excluding diaryl/α,β-unsaturated/α-hetero) is 1. The minimum Gasteiger partial charge on any atom is -0.375 e. The van der Waals surface area contributed by atoms with Gasteiger partial charge in [0.2, 0.25) is 0 Å². The van der Waals surface area contributed by atoms with Crippen molar-refractivity contribution in [1.82, 2.24) is 4.90 Å². The summed E-state index contributed by atoms with van der Waals surface area (Å²) >= 11 is 0. The SMILES string of the molecule is C[C@H]1CN(C2=C(C#N)C(=O)Cc3ccc(C4CC4)cc32)CCO1. The summed E-state index contributed by atoms with van der Waals surface area (Å²) in [5.41, 5.74) is 4.62. The molecule has 1 aromatic rings. The van der Waals surface area contributed by atoms with Crippen LogP contribution in [0, 0.1) is 11.3 Å². The first kappa shape index (κ1) is 14.5. The third kappa shape index (κ3) is 2.55. The predicted octanol–water partition coefficient (Wildman–Crippen LogP) is 2.64. The molecule has 118 valence electrons. The van der Waals surface area contributed by atoms with Gasteiger partial charge in [-0.05, 0) is 42.9 Å². The standard InChI is InChI=1S/C19H20N2O2/c1-12-11-21(6-7-23-12)19-16-8-14(13-2-3-13)4-5-15(16)9-18(22)17(19)10-20/h4-5,8,12-13H,2-3,6-7,9,11H2,1H3/t12-/m0/s1. The average molecular weight is 308 g/mol. The minimum atomic E-state index is -0.0617. The molecule has 0 N–H and O–H groups in total. The van der Waals surface area contributed by atoms with Crippen molar-refractivity contribution in [2.75, 3.05) is 19.7 Å². The fourth-order valence-corrected chi connectivity index (χ4v) is 3.63. The number of benzene rings is 1. The van der Waals surface area contributed by atoms with E-state index in [9.17, 15) is 10.1 Å². The van der Waals surface area contributed by atoms with Gasteiger partial charge in [0.05, 0.1) is 18.4 Å². The second kappa shape index (κ2) is 5.50. The van der Waals surface area contributed by atoms with E-state index in [1.54, 1.807) is 0 Å². The zero-order valence-electron chi connectivity index (χ0n) is 13.3. The van der Waals surface area contributed by atoms with Gasteiger partial charge in [-0.15, -0.1) is 0 Å². The van der Waals surface area contributed by atoms with Gasteiger partial charge in [-0.3, -0.25) is 4.79 Å². The van der Waals surface area contributed by atoms with Crippen LogP contribution in [0.4, 0.5) is 0 Å². The molecule has 1 aliphatic heterocycles. The number of ketones is 1. The number of ether oxygens (including phenoxy) is 1. The van der Waals surface area contributed by atoms with Crippen LogP contribution in [-0.4, -0.2) is 36.5 Å². The molecule has 1 saturated carbocycles. The van der Waals surface area contributed by atoms with Crippen LogP contribution in [0.25, 0.3) is 5.70 Å². The highest BCUT2D eigenvalue weighted by molar-refractivity contribution is 6.10. The van der Waals surface area contributed by atoms with E-state index in [4.69, 9.17) is 4.74 Å². The van der Waals surface area contributed by atoms with Crippen LogP contribution >= 0.6 is 0 Å². The van der Waals surface area contributed by atoms with E-state index in [-0.39, 0.29) is 11.9 Å². The summed E-state index contributed by atoms with van der Waals surface area (Å²) in [5.74, 6) is 0.599. The van der Waals surface area contributed by atoms with E-state index in [0.717, 1.165) is 29.9 Å². The topological polar surface area (TPSA) is 53.3 Å². The van der Waals surface area contributed by atoms with Crippen molar-refractivity contribution in [2.24, 2.45) is 0 Å². The van der Waals surface area contributed by atoms with Crippen LogP contribution in [-0.2, 0) is 16.0 Å². The fourth-order valence-electron chi connectivity index (χ4n) is 3.63. The summed E-state index contributed by atoms with van der Waals surface area (Å²) in [6.07, 6.45) is 2.95. The smallest absolute Gasteiger partial charge is 0.179 e. The van der Waals surface area contributed by atoms with Crippen molar-refractivity contribution < 1.29 is 9.53 Å². The molecule has 2 aliphatic carbocycles. The molecule has 4 nitrogen and oxygen atoms in total. The zero-order valence-corrected chi connectivity index (χ0v) is 13.3. The highest BCUT2D eigenvalue weighted by atomic mass is 16.5. The normalized spacial score (nSPS) is 24.4. The molecule has 1 heterocycles. The Labute approximate surface area is 136 Å². The lowest BCUT2D eigenvalue weighted by Gasteiger charge is -2.37. The summed E-state index contributed by atoms with van der Waals surface area (Å²) < 4.78 is 5.62. The van der Waals surface area contributed by atoms with Gasteiger partial charge in [0.15, 0.2) is 5.78 Å². The minimum absolute atomic E-state index is 0.0617. The molecule has 0 unspecified atom stereocenters. The maximum absolute atomic E-state index is 12.4. The highest BCUT2D eigenvalue weighted by Gasteiger charge is 2.32. The van der Waals surface area contributed by atoms with Gasteiger partial charge in [-0.2, -0.15) is 5.26 Å². The molecular formula is C19H20N2O2. The number of nitrogens with zero attached hydrogens (tertiary/aromatic N) is 2. The van der Waals surface area contributed by atoms with Gasteiger partial charge >= 0.3 is 0 Å². The quantitative estimate of drug-likeness (QED) is 0.843. The number of allylic oxidation sites excluding steroid dienone is 1. The van der Waals surface area contributed by atoms with Gasteiger partial charge in [0.25, 0.3) is 0 Å². The average Bonchev–Trinajstić information content (AvgIpc) is 3.38. The Morgan fingerprint density at radius 3 is 2.87 bits per heavy atom. The third-order valence-electron chi connectivity index (χ3n) is 4.97. The molecule has 1 saturated heterocycles. The molecule has 0 amide bonds. The van der Waals surface area contributed by atoms with Gasteiger partial charge in [-0.1, -0.05) is 12.1 Å². The Morgan fingerprint density at radius 2 is 2.17 bits per heavy atom. The lowest BCUT2D eigenvalue weighted by molar-refractivity contribution is -0.114. The first-order valence-corrected chi connectivity index (χ1v) is 8.34. The maximum Gasteiger partial charge on any atom is 0.179 e. The number of rotatable bonds is 2. The summed E-state index contributed by atoms with van der Waals surface area (Å²) in [5, 5.41) is 9.56. The van der Waals surface area contributed by atoms with E-state index >= 15 is 0 Å². The fraction of sp³-hybridized carbons (Fsp3) is 0.474.